The summed E-state index contributed by atoms with van der Waals surface area (Å²) < 4.78 is 16.5. The molecule has 0 aromatic heterocycles. The molecule has 2 amide bonds. The van der Waals surface area contributed by atoms with Crippen LogP contribution in [0.15, 0.2) is 36.4 Å². The molecule has 6 rings (SSSR count). The van der Waals surface area contributed by atoms with Crippen molar-refractivity contribution in [2.24, 2.45) is 11.8 Å². The van der Waals surface area contributed by atoms with E-state index in [-0.39, 0.29) is 22.9 Å². The molecule has 1 unspecified atom stereocenters. The molecule has 1 aliphatic carbocycles. The molecule has 1 spiro atoms. The number of amides is 2. The van der Waals surface area contributed by atoms with E-state index in [0.29, 0.717) is 18.0 Å². The third kappa shape index (κ3) is 2.83. The molecule has 2 N–H and O–H groups in total. The Bertz CT molecular complexity index is 1160. The number of hydrogen-bond acceptors (Lipinski definition) is 3. The normalized spacial score (nSPS) is 31.4. The van der Waals surface area contributed by atoms with Gasteiger partial charge in [0.1, 0.15) is 11.4 Å². The first-order chi connectivity index (χ1) is 15.4. The zero-order chi connectivity index (χ0) is 22.2. The molecular formula is C24H22ClFIN3O2. The molecule has 32 heavy (non-hydrogen) atoms. The fourth-order valence-corrected chi connectivity index (χ4v) is 6.83. The molecule has 166 valence electrons. The number of anilines is 1. The minimum absolute atomic E-state index is 0.00676. The van der Waals surface area contributed by atoms with Gasteiger partial charge >= 0.3 is 0 Å². The number of carbonyl (C=O) groups is 2. The van der Waals surface area contributed by atoms with Crippen LogP contribution in [0.1, 0.15) is 36.3 Å². The molecule has 8 heteroatoms. The number of nitrogens with zero attached hydrogens (tertiary/aromatic N) is 1. The van der Waals surface area contributed by atoms with Crippen LogP contribution in [0.25, 0.3) is 0 Å². The highest BCUT2D eigenvalue weighted by Gasteiger charge is 2.69. The van der Waals surface area contributed by atoms with Gasteiger partial charge < -0.3 is 10.6 Å². The van der Waals surface area contributed by atoms with E-state index in [4.69, 9.17) is 11.6 Å². The van der Waals surface area contributed by atoms with E-state index in [9.17, 15) is 9.59 Å². The Hall–Kier alpha value is -1.71. The average Bonchev–Trinajstić information content (AvgIpc) is 3.47. The molecule has 4 atom stereocenters. The zero-order valence-electron chi connectivity index (χ0n) is 17.2. The standard InChI is InChI=1S/C24H22ClFIN3O2/c25-16-3-1-2-14(21(16)26)20-19-18(8-9-28-22(19)31)30(11-12-4-5-12)24(20)15-7-6-13(27)10-17(15)29-23(24)32/h1-3,6-7,10,12,18-20H,4-5,8-9,11H2,(H,28,31)(H,29,32)/t18?,19-,20+,24-/m1/s1. The lowest BCUT2D eigenvalue weighted by Crippen LogP contribution is -2.53. The topological polar surface area (TPSA) is 61.4 Å². The van der Waals surface area contributed by atoms with Crippen molar-refractivity contribution in [3.63, 3.8) is 0 Å². The Kier molecular flexibility index (Phi) is 4.82. The number of fused-ring (bicyclic) bond motifs is 3. The van der Waals surface area contributed by atoms with Gasteiger partial charge in [0, 0.05) is 39.9 Å². The fourth-order valence-electron chi connectivity index (χ4n) is 6.16. The number of hydrogen-bond donors (Lipinski definition) is 2. The van der Waals surface area contributed by atoms with Crippen LogP contribution in [0.5, 0.6) is 0 Å². The van der Waals surface area contributed by atoms with Crippen molar-refractivity contribution < 1.29 is 14.0 Å². The maximum atomic E-state index is 15.5. The Labute approximate surface area is 204 Å². The summed E-state index contributed by atoms with van der Waals surface area (Å²) in [5, 5.41) is 6.06. The Morgan fingerprint density at radius 3 is 2.78 bits per heavy atom. The van der Waals surface area contributed by atoms with E-state index >= 15 is 4.39 Å². The van der Waals surface area contributed by atoms with Crippen molar-refractivity contribution >= 4 is 51.7 Å². The number of piperidine rings is 1. The fraction of sp³-hybridized carbons (Fsp3) is 0.417. The summed E-state index contributed by atoms with van der Waals surface area (Å²) in [4.78, 5) is 29.5. The van der Waals surface area contributed by atoms with Crippen molar-refractivity contribution in [3.05, 3.63) is 61.9 Å². The predicted octanol–water partition coefficient (Wildman–Crippen LogP) is 4.25. The van der Waals surface area contributed by atoms with Crippen molar-refractivity contribution in [2.75, 3.05) is 18.4 Å². The van der Waals surface area contributed by atoms with Crippen molar-refractivity contribution in [1.29, 1.82) is 0 Å². The number of rotatable bonds is 3. The molecule has 3 fully saturated rings. The van der Waals surface area contributed by atoms with Crippen LogP contribution in [-0.4, -0.2) is 35.8 Å². The predicted molar refractivity (Wildman–Crippen MR) is 128 cm³/mol. The number of benzene rings is 2. The van der Waals surface area contributed by atoms with Crippen LogP contribution in [-0.2, 0) is 15.1 Å². The van der Waals surface area contributed by atoms with E-state index in [1.807, 2.05) is 18.2 Å². The van der Waals surface area contributed by atoms with E-state index < -0.39 is 23.2 Å². The van der Waals surface area contributed by atoms with Gasteiger partial charge in [-0.25, -0.2) is 4.39 Å². The highest BCUT2D eigenvalue weighted by Crippen LogP contribution is 2.61. The first kappa shape index (κ1) is 20.9. The molecule has 0 bridgehead atoms. The molecule has 4 aliphatic rings. The number of nitrogens with one attached hydrogen (secondary N) is 2. The highest BCUT2D eigenvalue weighted by atomic mass is 127. The van der Waals surface area contributed by atoms with Gasteiger partial charge in [0.05, 0.1) is 10.9 Å². The lowest BCUT2D eigenvalue weighted by Gasteiger charge is -2.40. The Morgan fingerprint density at radius 2 is 2.00 bits per heavy atom. The molecule has 2 aromatic rings. The summed E-state index contributed by atoms with van der Waals surface area (Å²) in [6.07, 6.45) is 2.97. The minimum atomic E-state index is -1.15. The van der Waals surface area contributed by atoms with Gasteiger partial charge in [-0.2, -0.15) is 0 Å². The van der Waals surface area contributed by atoms with E-state index in [2.05, 4.69) is 38.1 Å². The van der Waals surface area contributed by atoms with Gasteiger partial charge in [0.2, 0.25) is 11.8 Å². The molecular weight excluding hydrogens is 544 g/mol. The second-order valence-corrected chi connectivity index (χ2v) is 11.0. The lowest BCUT2D eigenvalue weighted by molar-refractivity contribution is -0.128. The molecule has 5 nitrogen and oxygen atoms in total. The van der Waals surface area contributed by atoms with Gasteiger partial charge in [0.15, 0.2) is 0 Å². The molecule has 1 saturated carbocycles. The van der Waals surface area contributed by atoms with Crippen molar-refractivity contribution in [2.45, 2.75) is 36.8 Å². The summed E-state index contributed by atoms with van der Waals surface area (Å²) in [6.45, 7) is 1.29. The van der Waals surface area contributed by atoms with E-state index in [0.717, 1.165) is 40.6 Å². The van der Waals surface area contributed by atoms with Crippen LogP contribution in [0.3, 0.4) is 0 Å². The summed E-state index contributed by atoms with van der Waals surface area (Å²) in [7, 11) is 0. The van der Waals surface area contributed by atoms with Gasteiger partial charge in [-0.1, -0.05) is 29.8 Å². The van der Waals surface area contributed by atoms with Crippen LogP contribution in [0, 0.1) is 21.2 Å². The first-order valence-corrected chi connectivity index (χ1v) is 12.5. The van der Waals surface area contributed by atoms with Gasteiger partial charge in [-0.15, -0.1) is 0 Å². The maximum absolute atomic E-state index is 15.5. The molecule has 2 saturated heterocycles. The zero-order valence-corrected chi connectivity index (χ0v) is 20.1. The van der Waals surface area contributed by atoms with Crippen molar-refractivity contribution in [3.8, 4) is 0 Å². The Balaban J connectivity index is 1.65. The highest BCUT2D eigenvalue weighted by molar-refractivity contribution is 14.1. The van der Waals surface area contributed by atoms with Crippen LogP contribution in [0.4, 0.5) is 10.1 Å². The second kappa shape index (κ2) is 7.40. The molecule has 3 aliphatic heterocycles. The molecule has 2 aromatic carbocycles. The summed E-state index contributed by atoms with van der Waals surface area (Å²) in [6, 6.07) is 10.7. The number of carbonyl (C=O) groups excluding carboxylic acids is 2. The average molecular weight is 566 g/mol. The van der Waals surface area contributed by atoms with Crippen LogP contribution in [0.2, 0.25) is 5.02 Å². The van der Waals surface area contributed by atoms with Gasteiger partial charge in [-0.05, 0) is 71.5 Å². The quantitative estimate of drug-likeness (QED) is 0.548. The minimum Gasteiger partial charge on any atom is -0.356 e. The smallest absolute Gasteiger partial charge is 0.250 e. The first-order valence-electron chi connectivity index (χ1n) is 11.0. The monoisotopic (exact) mass is 565 g/mol. The second-order valence-electron chi connectivity index (χ2n) is 9.30. The van der Waals surface area contributed by atoms with Crippen LogP contribution < -0.4 is 10.6 Å². The molecule has 0 radical (unpaired) electrons. The summed E-state index contributed by atoms with van der Waals surface area (Å²) in [5.74, 6) is -1.55. The van der Waals surface area contributed by atoms with E-state index in [1.54, 1.807) is 12.1 Å². The summed E-state index contributed by atoms with van der Waals surface area (Å²) in [5.41, 5.74) is 0.763. The van der Waals surface area contributed by atoms with Gasteiger partial charge in [-0.3, -0.25) is 14.5 Å². The maximum Gasteiger partial charge on any atom is 0.250 e. The third-order valence-corrected chi connectivity index (χ3v) is 8.54. The van der Waals surface area contributed by atoms with Gasteiger partial charge in [0.25, 0.3) is 0 Å². The number of likely N-dealkylation sites (tertiary alicyclic amines) is 1. The van der Waals surface area contributed by atoms with Crippen molar-refractivity contribution in [1.82, 2.24) is 10.2 Å². The SMILES string of the molecule is O=C1NCCC2[C@@H]1[C@H](c1cccc(Cl)c1F)[C@]1(C(=O)Nc3cc(I)ccc31)N2CC1CC1. The Morgan fingerprint density at radius 1 is 1.19 bits per heavy atom. The van der Waals surface area contributed by atoms with E-state index in [1.165, 1.54) is 6.07 Å². The summed E-state index contributed by atoms with van der Waals surface area (Å²) >= 11 is 8.42. The lowest BCUT2D eigenvalue weighted by atomic mass is 9.70. The van der Waals surface area contributed by atoms with Crippen LogP contribution >= 0.6 is 34.2 Å². The number of halogens is 3. The third-order valence-electron chi connectivity index (χ3n) is 7.57. The molecule has 3 heterocycles. The largest absolute Gasteiger partial charge is 0.356 e.